The number of rotatable bonds is 0. The predicted molar refractivity (Wildman–Crippen MR) is 48.8 cm³/mol. The number of imidazole rings is 1. The normalized spacial score (nSPS) is 10.5. The number of aromatic nitrogens is 2. The number of halogens is 1. The van der Waals surface area contributed by atoms with Crippen molar-refractivity contribution in [1.82, 2.24) is 4.57 Å². The van der Waals surface area contributed by atoms with E-state index in [2.05, 4.69) is 59.7 Å². The highest BCUT2D eigenvalue weighted by atomic mass is 127. The van der Waals surface area contributed by atoms with E-state index in [0.717, 1.165) is 0 Å². The zero-order valence-electron chi connectivity index (χ0n) is 6.77. The average molecular weight is 251 g/mol. The molecule has 3 heteroatoms. The molecule has 0 aliphatic carbocycles. The molecule has 1 heterocycles. The van der Waals surface area contributed by atoms with E-state index >= 15 is 0 Å². The van der Waals surface area contributed by atoms with E-state index in [0.29, 0.717) is 0 Å². The van der Waals surface area contributed by atoms with Gasteiger partial charge < -0.3 is 0 Å². The summed E-state index contributed by atoms with van der Waals surface area (Å²) < 4.78 is 5.65. The maximum atomic E-state index is 2.34. The first-order chi connectivity index (χ1) is 4.55. The fourth-order valence-corrected chi connectivity index (χ4v) is 1.71. The van der Waals surface area contributed by atoms with Gasteiger partial charge in [0.2, 0.25) is 0 Å². The van der Waals surface area contributed by atoms with Gasteiger partial charge in [-0.15, -0.1) is 0 Å². The molecule has 1 aromatic rings. The Labute approximate surface area is 75.0 Å². The first kappa shape index (κ1) is 8.04. The van der Waals surface area contributed by atoms with Crippen molar-refractivity contribution in [3.63, 3.8) is 0 Å². The largest absolute Gasteiger partial charge is 0.317 e. The van der Waals surface area contributed by atoms with Crippen molar-refractivity contribution < 1.29 is 4.57 Å². The van der Waals surface area contributed by atoms with E-state index in [1.165, 1.54) is 15.2 Å². The summed E-state index contributed by atoms with van der Waals surface area (Å²) in [4.78, 5) is 0. The van der Waals surface area contributed by atoms with Gasteiger partial charge >= 0.3 is 3.83 Å². The summed E-state index contributed by atoms with van der Waals surface area (Å²) in [6.07, 6.45) is 0. The van der Waals surface area contributed by atoms with Crippen LogP contribution in [0, 0.1) is 17.7 Å². The molecule has 0 saturated carbocycles. The van der Waals surface area contributed by atoms with E-state index < -0.39 is 0 Å². The van der Waals surface area contributed by atoms with Crippen LogP contribution in [0.4, 0.5) is 0 Å². The molecule has 0 radical (unpaired) electrons. The van der Waals surface area contributed by atoms with Crippen LogP contribution in [0.2, 0.25) is 0 Å². The van der Waals surface area contributed by atoms with Gasteiger partial charge in [0, 0.05) is 13.8 Å². The van der Waals surface area contributed by atoms with Crippen molar-refractivity contribution in [3.8, 4) is 0 Å². The molecule has 2 nitrogen and oxygen atoms in total. The Morgan fingerprint density at radius 1 is 1.40 bits per heavy atom. The topological polar surface area (TPSA) is 8.81 Å². The van der Waals surface area contributed by atoms with Gasteiger partial charge in [-0.1, -0.05) is 0 Å². The fraction of sp³-hybridized carbons (Fsp3) is 0.571. The van der Waals surface area contributed by atoms with Crippen molar-refractivity contribution in [2.75, 3.05) is 0 Å². The van der Waals surface area contributed by atoms with Crippen molar-refractivity contribution in [1.29, 1.82) is 0 Å². The lowest BCUT2D eigenvalue weighted by Gasteiger charge is -1.85. The number of hydrogen-bond donors (Lipinski definition) is 0. The van der Waals surface area contributed by atoms with E-state index in [-0.39, 0.29) is 0 Å². The zero-order chi connectivity index (χ0) is 7.89. The summed E-state index contributed by atoms with van der Waals surface area (Å²) in [6, 6.07) is 0. The quantitative estimate of drug-likeness (QED) is 0.482. The maximum absolute atomic E-state index is 2.34. The van der Waals surface area contributed by atoms with E-state index in [1.54, 1.807) is 0 Å². The highest BCUT2D eigenvalue weighted by molar-refractivity contribution is 14.1. The number of hydrogen-bond acceptors (Lipinski definition) is 0. The predicted octanol–water partition coefficient (Wildman–Crippen LogP) is 1.07. The second-order valence-corrected chi connectivity index (χ2v) is 3.52. The summed E-state index contributed by atoms with van der Waals surface area (Å²) in [5.41, 5.74) is 2.68. The van der Waals surface area contributed by atoms with Gasteiger partial charge in [-0.3, -0.25) is 0 Å². The lowest BCUT2D eigenvalue weighted by Crippen LogP contribution is -2.33. The van der Waals surface area contributed by atoms with Crippen molar-refractivity contribution >= 4 is 22.6 Å². The number of nitrogens with zero attached hydrogens (tertiary/aromatic N) is 2. The Morgan fingerprint density at radius 3 is 2.00 bits per heavy atom. The van der Waals surface area contributed by atoms with Gasteiger partial charge in [0.05, 0.1) is 36.7 Å². The van der Waals surface area contributed by atoms with Crippen LogP contribution >= 0.6 is 22.6 Å². The van der Waals surface area contributed by atoms with Crippen LogP contribution in [0.5, 0.6) is 0 Å². The molecule has 0 spiro atoms. The van der Waals surface area contributed by atoms with E-state index in [4.69, 9.17) is 0 Å². The van der Waals surface area contributed by atoms with Gasteiger partial charge in [-0.25, -0.2) is 9.13 Å². The SMILES string of the molecule is Cc1c(C)[n+](C)c(I)n1C. The molecular weight excluding hydrogens is 239 g/mol. The fourth-order valence-electron chi connectivity index (χ4n) is 0.987. The molecule has 0 aliphatic heterocycles. The first-order valence-electron chi connectivity index (χ1n) is 3.23. The van der Waals surface area contributed by atoms with Crippen molar-refractivity contribution in [2.24, 2.45) is 14.1 Å². The van der Waals surface area contributed by atoms with Crippen LogP contribution in [0.25, 0.3) is 0 Å². The van der Waals surface area contributed by atoms with Crippen molar-refractivity contribution in [2.45, 2.75) is 13.8 Å². The third-order valence-corrected chi connectivity index (χ3v) is 3.53. The molecule has 1 aromatic heterocycles. The molecule has 0 N–H and O–H groups in total. The summed E-state index contributed by atoms with van der Waals surface area (Å²) in [6.45, 7) is 4.27. The smallest absolute Gasteiger partial charge is 0.225 e. The summed E-state index contributed by atoms with van der Waals surface area (Å²) in [5.74, 6) is 0. The monoisotopic (exact) mass is 251 g/mol. The first-order valence-corrected chi connectivity index (χ1v) is 4.31. The molecule has 56 valence electrons. The lowest BCUT2D eigenvalue weighted by atomic mass is 10.4. The molecule has 10 heavy (non-hydrogen) atoms. The van der Waals surface area contributed by atoms with Gasteiger partial charge in [-0.05, 0) is 0 Å². The zero-order valence-corrected chi connectivity index (χ0v) is 8.93. The third kappa shape index (κ3) is 0.962. The van der Waals surface area contributed by atoms with Crippen LogP contribution in [0.1, 0.15) is 11.4 Å². The maximum Gasteiger partial charge on any atom is 0.317 e. The molecule has 0 saturated heterocycles. The Kier molecular flexibility index (Phi) is 2.03. The van der Waals surface area contributed by atoms with Crippen LogP contribution < -0.4 is 4.57 Å². The van der Waals surface area contributed by atoms with Crippen LogP contribution in [-0.2, 0) is 14.1 Å². The average Bonchev–Trinajstić information content (AvgIpc) is 2.07. The van der Waals surface area contributed by atoms with Gasteiger partial charge in [0.15, 0.2) is 0 Å². The molecule has 0 unspecified atom stereocenters. The Hall–Kier alpha value is -0.0600. The lowest BCUT2D eigenvalue weighted by molar-refractivity contribution is -0.690. The molecule has 0 aromatic carbocycles. The Balaban J connectivity index is 3.44. The molecule has 0 fully saturated rings. The molecular formula is C7H12IN2+. The van der Waals surface area contributed by atoms with E-state index in [1.807, 2.05) is 0 Å². The van der Waals surface area contributed by atoms with Gasteiger partial charge in [-0.2, -0.15) is 0 Å². The third-order valence-electron chi connectivity index (χ3n) is 2.08. The summed E-state index contributed by atoms with van der Waals surface area (Å²) in [5, 5.41) is 0. The second-order valence-electron chi connectivity index (χ2n) is 2.56. The molecule has 0 aliphatic rings. The summed E-state index contributed by atoms with van der Waals surface area (Å²) >= 11 is 2.34. The highest BCUT2D eigenvalue weighted by Gasteiger charge is 2.16. The van der Waals surface area contributed by atoms with Gasteiger partial charge in [0.25, 0.3) is 0 Å². The Bertz CT molecular complexity index is 183. The molecule has 0 amide bonds. The minimum absolute atomic E-state index is 1.27. The Morgan fingerprint density at radius 2 is 1.90 bits per heavy atom. The standard InChI is InChI=1S/C7H12IN2/c1-5-6(2)10(4)7(8)9(5)3/h1-4H3/q+1. The van der Waals surface area contributed by atoms with Crippen LogP contribution in [-0.4, -0.2) is 4.57 Å². The highest BCUT2D eigenvalue weighted by Crippen LogP contribution is 2.06. The van der Waals surface area contributed by atoms with E-state index in [9.17, 15) is 0 Å². The second kappa shape index (κ2) is 2.53. The molecule has 0 bridgehead atoms. The minimum Gasteiger partial charge on any atom is -0.225 e. The van der Waals surface area contributed by atoms with Gasteiger partial charge in [0.1, 0.15) is 11.4 Å². The van der Waals surface area contributed by atoms with Crippen LogP contribution in [0.3, 0.4) is 0 Å². The van der Waals surface area contributed by atoms with Crippen molar-refractivity contribution in [3.05, 3.63) is 15.2 Å². The van der Waals surface area contributed by atoms with Crippen LogP contribution in [0.15, 0.2) is 0 Å². The molecule has 1 rings (SSSR count). The minimum atomic E-state index is 1.27. The molecule has 0 atom stereocenters. The summed E-state index contributed by atoms with van der Waals surface area (Å²) in [7, 11) is 4.17.